The van der Waals surface area contributed by atoms with Crippen molar-refractivity contribution in [1.82, 2.24) is 0 Å². The summed E-state index contributed by atoms with van der Waals surface area (Å²) in [7, 11) is -3.53. The standard InChI is InChI=1S/C4H10NO4P.Na.H/c1-4(8-3-5)9-10(2,6)7;;/h4,6-7,10H,1-2H3;;. The first kappa shape index (κ1) is 14.1. The summed E-state index contributed by atoms with van der Waals surface area (Å²) < 4.78 is 8.70. The van der Waals surface area contributed by atoms with Gasteiger partial charge in [-0.1, -0.05) is 0 Å². The molecule has 1 atom stereocenters. The SMILES string of the molecule is CC(OC#N)O[PH](C)(O)O.[NaH]. The van der Waals surface area contributed by atoms with Gasteiger partial charge in [0.1, 0.15) is 0 Å². The Morgan fingerprint density at radius 3 is 2.27 bits per heavy atom. The molecule has 0 rings (SSSR count). The normalized spacial score (nSPS) is 14.1. The van der Waals surface area contributed by atoms with Gasteiger partial charge in [0.05, 0.1) is 0 Å². The predicted octanol–water partition coefficient (Wildman–Crippen LogP) is -0.693. The Kier molecular flexibility index (Phi) is 7.91. The van der Waals surface area contributed by atoms with Crippen LogP contribution in [0.4, 0.5) is 0 Å². The molecule has 0 aromatic carbocycles. The van der Waals surface area contributed by atoms with Crippen LogP contribution in [-0.2, 0) is 9.26 Å². The van der Waals surface area contributed by atoms with Crippen LogP contribution in [0.2, 0.25) is 0 Å². The Bertz CT molecular complexity index is 142. The van der Waals surface area contributed by atoms with Gasteiger partial charge < -0.3 is 0 Å². The molecule has 5 nitrogen and oxygen atoms in total. The third-order valence-corrected chi connectivity index (χ3v) is 1.39. The summed E-state index contributed by atoms with van der Waals surface area (Å²) in [6.07, 6.45) is 0.473. The van der Waals surface area contributed by atoms with E-state index in [0.29, 0.717) is 0 Å². The minimum atomic E-state index is -3.53. The van der Waals surface area contributed by atoms with E-state index in [-0.39, 0.29) is 29.6 Å². The van der Waals surface area contributed by atoms with Crippen molar-refractivity contribution >= 4 is 37.5 Å². The van der Waals surface area contributed by atoms with Gasteiger partial charge in [-0.25, -0.2) is 0 Å². The van der Waals surface area contributed by atoms with Crippen molar-refractivity contribution in [2.75, 3.05) is 6.66 Å². The van der Waals surface area contributed by atoms with Crippen molar-refractivity contribution in [2.45, 2.75) is 13.2 Å². The van der Waals surface area contributed by atoms with Gasteiger partial charge >= 0.3 is 87.9 Å². The molecule has 0 spiro atoms. The van der Waals surface area contributed by atoms with Crippen LogP contribution in [0, 0.1) is 11.5 Å². The van der Waals surface area contributed by atoms with Gasteiger partial charge in [-0.3, -0.25) is 0 Å². The molecule has 0 fully saturated rings. The average Bonchev–Trinajstić information content (AvgIpc) is 1.59. The van der Waals surface area contributed by atoms with Gasteiger partial charge in [0.2, 0.25) is 0 Å². The Balaban J connectivity index is 0. The fourth-order valence-corrected chi connectivity index (χ4v) is 1.09. The first-order valence-electron chi connectivity index (χ1n) is 2.63. The van der Waals surface area contributed by atoms with E-state index in [1.165, 1.54) is 13.2 Å². The molecule has 0 saturated heterocycles. The molecule has 0 amide bonds. The molecular formula is C4H11NNaO4P. The van der Waals surface area contributed by atoms with E-state index in [0.717, 1.165) is 6.66 Å². The van der Waals surface area contributed by atoms with Crippen molar-refractivity contribution in [2.24, 2.45) is 0 Å². The molecule has 0 aromatic heterocycles. The summed E-state index contributed by atoms with van der Waals surface area (Å²) in [5, 5.41) is 7.93. The first-order chi connectivity index (χ1) is 4.45. The summed E-state index contributed by atoms with van der Waals surface area (Å²) >= 11 is 0. The number of rotatable bonds is 3. The van der Waals surface area contributed by atoms with Crippen LogP contribution >= 0.6 is 7.94 Å². The summed E-state index contributed by atoms with van der Waals surface area (Å²) in [4.78, 5) is 17.4. The molecule has 0 radical (unpaired) electrons. The van der Waals surface area contributed by atoms with Gasteiger partial charge in [0.25, 0.3) is 0 Å². The van der Waals surface area contributed by atoms with E-state index in [2.05, 4.69) is 9.26 Å². The van der Waals surface area contributed by atoms with E-state index in [4.69, 9.17) is 15.0 Å². The van der Waals surface area contributed by atoms with Crippen molar-refractivity contribution < 1.29 is 19.0 Å². The summed E-state index contributed by atoms with van der Waals surface area (Å²) in [5.74, 6) is 0. The zero-order chi connectivity index (χ0) is 8.20. The molecule has 62 valence electrons. The zero-order valence-electron chi connectivity index (χ0n) is 5.74. The Hall–Kier alpha value is 0.600. The third kappa shape index (κ3) is 10.6. The van der Waals surface area contributed by atoms with Gasteiger partial charge in [-0.05, 0) is 0 Å². The second-order valence-corrected chi connectivity index (χ2v) is 3.93. The van der Waals surface area contributed by atoms with Crippen LogP contribution in [0.1, 0.15) is 6.92 Å². The Morgan fingerprint density at radius 2 is 2.00 bits per heavy atom. The van der Waals surface area contributed by atoms with E-state index in [1.54, 1.807) is 0 Å². The maximum absolute atomic E-state index is 8.70. The third-order valence-electron chi connectivity index (χ3n) is 0.608. The molecular weight excluding hydrogens is 180 g/mol. The Labute approximate surface area is 87.8 Å². The number of nitriles is 1. The quantitative estimate of drug-likeness (QED) is 0.267. The summed E-state index contributed by atoms with van der Waals surface area (Å²) in [5.41, 5.74) is 0. The molecule has 0 aliphatic carbocycles. The molecule has 0 heterocycles. The van der Waals surface area contributed by atoms with Gasteiger partial charge in [0, 0.05) is 0 Å². The van der Waals surface area contributed by atoms with Crippen molar-refractivity contribution in [3.63, 3.8) is 0 Å². The molecule has 7 heteroatoms. The van der Waals surface area contributed by atoms with E-state index in [9.17, 15) is 0 Å². The van der Waals surface area contributed by atoms with E-state index >= 15 is 0 Å². The molecule has 11 heavy (non-hydrogen) atoms. The topological polar surface area (TPSA) is 82.7 Å². The first-order valence-corrected chi connectivity index (χ1v) is 4.93. The fraction of sp³-hybridized carbons (Fsp3) is 0.750. The number of nitrogens with zero attached hydrogens (tertiary/aromatic N) is 1. The van der Waals surface area contributed by atoms with Gasteiger partial charge in [0.15, 0.2) is 0 Å². The molecule has 0 aliphatic rings. The fourth-order valence-electron chi connectivity index (χ4n) is 0.413. The van der Waals surface area contributed by atoms with E-state index < -0.39 is 14.2 Å². The average molecular weight is 191 g/mol. The molecule has 1 unspecified atom stereocenters. The summed E-state index contributed by atoms with van der Waals surface area (Å²) in [6, 6.07) is 0. The van der Waals surface area contributed by atoms with Crippen molar-refractivity contribution in [3.05, 3.63) is 0 Å². The van der Waals surface area contributed by atoms with Crippen LogP contribution in [0.3, 0.4) is 0 Å². The summed E-state index contributed by atoms with van der Waals surface area (Å²) in [6.45, 7) is 2.56. The van der Waals surface area contributed by atoms with Gasteiger partial charge in [-0.15, -0.1) is 0 Å². The van der Waals surface area contributed by atoms with E-state index in [1.807, 2.05) is 0 Å². The molecule has 2 N–H and O–H groups in total. The second-order valence-electron chi connectivity index (χ2n) is 1.83. The van der Waals surface area contributed by atoms with Crippen LogP contribution in [0.25, 0.3) is 0 Å². The monoisotopic (exact) mass is 191 g/mol. The predicted molar refractivity (Wildman–Crippen MR) is 43.1 cm³/mol. The molecule has 0 aromatic rings. The van der Waals surface area contributed by atoms with Crippen molar-refractivity contribution in [1.29, 1.82) is 5.26 Å². The van der Waals surface area contributed by atoms with Crippen LogP contribution in [0.15, 0.2) is 0 Å². The minimum absolute atomic E-state index is 0. The number of hydrogen-bond donors (Lipinski definition) is 2. The Morgan fingerprint density at radius 1 is 1.55 bits per heavy atom. The van der Waals surface area contributed by atoms with Crippen LogP contribution < -0.4 is 0 Å². The molecule has 0 aliphatic heterocycles. The molecule has 0 bridgehead atoms. The van der Waals surface area contributed by atoms with Crippen LogP contribution in [-0.4, -0.2) is 52.3 Å². The molecule has 0 saturated carbocycles. The number of hydrogen-bond acceptors (Lipinski definition) is 5. The maximum atomic E-state index is 8.70. The van der Waals surface area contributed by atoms with Crippen molar-refractivity contribution in [3.8, 4) is 6.26 Å². The second kappa shape index (κ2) is 6.15. The number of ether oxygens (including phenoxy) is 1. The van der Waals surface area contributed by atoms with Crippen LogP contribution in [0.5, 0.6) is 0 Å². The van der Waals surface area contributed by atoms with Gasteiger partial charge in [-0.2, -0.15) is 0 Å². The zero-order valence-corrected chi connectivity index (χ0v) is 6.74.